The second kappa shape index (κ2) is 15.3. The highest BCUT2D eigenvalue weighted by atomic mass is 35.5. The molecular formula is C29H38Cl2N4O5. The minimum absolute atomic E-state index is 0.114. The molecule has 0 saturated carbocycles. The molecule has 11 heteroatoms. The van der Waals surface area contributed by atoms with Gasteiger partial charge in [0.25, 0.3) is 0 Å². The molecule has 9 nitrogen and oxygen atoms in total. The van der Waals surface area contributed by atoms with Gasteiger partial charge in [-0.2, -0.15) is 0 Å². The SMILES string of the molecule is CCN(CCO)C(=O)OCOC1=Nc2cc(OCCCCN3CCN(c4cccc(Cl)c4Cl)CC3)ccc2CC1. The number of aliphatic hydroxyl groups is 1. The summed E-state index contributed by atoms with van der Waals surface area (Å²) in [7, 11) is 0. The van der Waals surface area contributed by atoms with E-state index in [4.69, 9.17) is 42.5 Å². The smallest absolute Gasteiger partial charge is 0.412 e. The number of piperazine rings is 1. The zero-order valence-corrected chi connectivity index (χ0v) is 24.5. The molecule has 2 aromatic rings. The van der Waals surface area contributed by atoms with Crippen molar-refractivity contribution in [2.75, 3.05) is 70.7 Å². The highest BCUT2D eigenvalue weighted by Crippen LogP contribution is 2.33. The number of hydrogen-bond donors (Lipinski definition) is 1. The van der Waals surface area contributed by atoms with Crippen LogP contribution in [-0.2, 0) is 15.9 Å². The van der Waals surface area contributed by atoms with Crippen molar-refractivity contribution < 1.29 is 24.1 Å². The van der Waals surface area contributed by atoms with Gasteiger partial charge in [0.05, 0.1) is 34.6 Å². The highest BCUT2D eigenvalue weighted by molar-refractivity contribution is 6.43. The fourth-order valence-electron chi connectivity index (χ4n) is 4.80. The first-order valence-corrected chi connectivity index (χ1v) is 14.6. The molecule has 0 aromatic heterocycles. The zero-order chi connectivity index (χ0) is 28.3. The lowest BCUT2D eigenvalue weighted by molar-refractivity contribution is 0.0258. The van der Waals surface area contributed by atoms with Crippen molar-refractivity contribution in [3.8, 4) is 5.75 Å². The molecule has 1 amide bonds. The Kier molecular flexibility index (Phi) is 11.6. The van der Waals surface area contributed by atoms with E-state index in [0.29, 0.717) is 35.5 Å². The molecule has 2 aliphatic rings. The number of benzene rings is 2. The fourth-order valence-corrected chi connectivity index (χ4v) is 5.22. The van der Waals surface area contributed by atoms with E-state index in [0.717, 1.165) is 74.7 Å². The van der Waals surface area contributed by atoms with Gasteiger partial charge in [-0.3, -0.25) is 4.90 Å². The van der Waals surface area contributed by atoms with Crippen molar-refractivity contribution in [2.45, 2.75) is 32.6 Å². The molecular weight excluding hydrogens is 555 g/mol. The molecule has 40 heavy (non-hydrogen) atoms. The van der Waals surface area contributed by atoms with Gasteiger partial charge < -0.3 is 29.1 Å². The van der Waals surface area contributed by atoms with Crippen LogP contribution in [0, 0.1) is 0 Å². The Hall–Kier alpha value is -2.72. The van der Waals surface area contributed by atoms with Crippen LogP contribution in [0.2, 0.25) is 10.0 Å². The van der Waals surface area contributed by atoms with Crippen LogP contribution in [0.3, 0.4) is 0 Å². The number of nitrogens with zero attached hydrogens (tertiary/aromatic N) is 4. The minimum atomic E-state index is -0.520. The average molecular weight is 594 g/mol. The number of hydrogen-bond acceptors (Lipinski definition) is 8. The maximum atomic E-state index is 12.0. The monoisotopic (exact) mass is 592 g/mol. The van der Waals surface area contributed by atoms with Crippen LogP contribution < -0.4 is 9.64 Å². The lowest BCUT2D eigenvalue weighted by Gasteiger charge is -2.36. The molecule has 2 aliphatic heterocycles. The topological polar surface area (TPSA) is 87.1 Å². The van der Waals surface area contributed by atoms with Crippen molar-refractivity contribution in [3.05, 3.63) is 52.0 Å². The number of ether oxygens (including phenoxy) is 3. The number of likely N-dealkylation sites (N-methyl/N-ethyl adjacent to an activating group) is 1. The summed E-state index contributed by atoms with van der Waals surface area (Å²) in [5.41, 5.74) is 2.96. The number of carbonyl (C=O) groups excluding carboxylic acids is 1. The van der Waals surface area contributed by atoms with Gasteiger partial charge in [-0.05, 0) is 56.5 Å². The van der Waals surface area contributed by atoms with E-state index in [1.165, 1.54) is 4.90 Å². The third-order valence-electron chi connectivity index (χ3n) is 7.11. The summed E-state index contributed by atoms with van der Waals surface area (Å²) in [4.78, 5) is 22.8. The summed E-state index contributed by atoms with van der Waals surface area (Å²) >= 11 is 12.6. The standard InChI is InChI=1S/C29H38Cl2N4O5/c1-2-34(17-18-36)29(37)40-21-39-27-11-9-22-8-10-23(20-25(22)32-27)38-19-4-3-12-33-13-15-35(16-14-33)26-7-5-6-24(30)28(26)31/h5-8,10,20,36H,2-4,9,11-19,21H2,1H3. The fraction of sp³-hybridized carbons (Fsp3) is 0.517. The first kappa shape index (κ1) is 30.2. The molecule has 4 rings (SSSR count). The van der Waals surface area contributed by atoms with Crippen molar-refractivity contribution >= 4 is 46.6 Å². The van der Waals surface area contributed by atoms with Crippen molar-refractivity contribution in [2.24, 2.45) is 4.99 Å². The van der Waals surface area contributed by atoms with Crippen LogP contribution in [0.15, 0.2) is 41.4 Å². The van der Waals surface area contributed by atoms with E-state index in [9.17, 15) is 4.79 Å². The maximum Gasteiger partial charge on any atom is 0.412 e. The molecule has 1 saturated heterocycles. The highest BCUT2D eigenvalue weighted by Gasteiger charge is 2.20. The van der Waals surface area contributed by atoms with E-state index < -0.39 is 6.09 Å². The molecule has 0 unspecified atom stereocenters. The Morgan fingerprint density at radius 3 is 2.67 bits per heavy atom. The van der Waals surface area contributed by atoms with Gasteiger partial charge in [-0.25, -0.2) is 9.79 Å². The van der Waals surface area contributed by atoms with E-state index in [2.05, 4.69) is 14.8 Å². The summed E-state index contributed by atoms with van der Waals surface area (Å²) in [6.07, 6.45) is 2.94. The summed E-state index contributed by atoms with van der Waals surface area (Å²) in [5, 5.41) is 10.3. The first-order valence-electron chi connectivity index (χ1n) is 13.9. The molecule has 0 atom stereocenters. The number of aliphatic hydroxyl groups excluding tert-OH is 1. The van der Waals surface area contributed by atoms with E-state index >= 15 is 0 Å². The molecule has 218 valence electrons. The third kappa shape index (κ3) is 8.39. The van der Waals surface area contributed by atoms with E-state index in [1.807, 2.05) is 43.3 Å². The number of halogens is 2. The van der Waals surface area contributed by atoms with Crippen LogP contribution in [0.25, 0.3) is 0 Å². The molecule has 1 fully saturated rings. The lowest BCUT2D eigenvalue weighted by Crippen LogP contribution is -2.46. The Balaban J connectivity index is 1.15. The molecule has 1 N–H and O–H groups in total. The summed E-state index contributed by atoms with van der Waals surface area (Å²) in [6, 6.07) is 11.8. The summed E-state index contributed by atoms with van der Waals surface area (Å²) in [5.74, 6) is 1.31. The second-order valence-corrected chi connectivity index (χ2v) is 10.5. The predicted molar refractivity (Wildman–Crippen MR) is 158 cm³/mol. The van der Waals surface area contributed by atoms with Gasteiger partial charge in [0.1, 0.15) is 5.75 Å². The number of amides is 1. The first-order chi connectivity index (χ1) is 19.5. The largest absolute Gasteiger partial charge is 0.494 e. The van der Waals surface area contributed by atoms with Crippen LogP contribution in [0.4, 0.5) is 16.2 Å². The number of aliphatic imine (C=N–C) groups is 1. The van der Waals surface area contributed by atoms with Crippen LogP contribution in [0.1, 0.15) is 31.7 Å². The lowest BCUT2D eigenvalue weighted by atomic mass is 10.0. The number of carbonyl (C=O) groups is 1. The molecule has 0 bridgehead atoms. The Bertz CT molecular complexity index is 1160. The van der Waals surface area contributed by atoms with Crippen LogP contribution >= 0.6 is 23.2 Å². The van der Waals surface area contributed by atoms with Crippen LogP contribution in [0.5, 0.6) is 5.75 Å². The summed E-state index contributed by atoms with van der Waals surface area (Å²) < 4.78 is 16.8. The van der Waals surface area contributed by atoms with Gasteiger partial charge in [0, 0.05) is 51.8 Å². The normalized spacial score (nSPS) is 15.3. The summed E-state index contributed by atoms with van der Waals surface area (Å²) in [6.45, 7) is 7.71. The van der Waals surface area contributed by atoms with E-state index in [-0.39, 0.29) is 19.9 Å². The van der Waals surface area contributed by atoms with Crippen molar-refractivity contribution in [3.63, 3.8) is 0 Å². The minimum Gasteiger partial charge on any atom is -0.494 e. The number of aryl methyl sites for hydroxylation is 1. The molecule has 0 spiro atoms. The number of anilines is 1. The molecule has 0 radical (unpaired) electrons. The van der Waals surface area contributed by atoms with Crippen molar-refractivity contribution in [1.82, 2.24) is 9.80 Å². The van der Waals surface area contributed by atoms with Gasteiger partial charge >= 0.3 is 6.09 Å². The van der Waals surface area contributed by atoms with Gasteiger partial charge in [0.2, 0.25) is 6.79 Å². The van der Waals surface area contributed by atoms with Gasteiger partial charge in [-0.1, -0.05) is 35.3 Å². The van der Waals surface area contributed by atoms with Crippen molar-refractivity contribution in [1.29, 1.82) is 0 Å². The second-order valence-electron chi connectivity index (χ2n) is 9.73. The molecule has 2 aromatic carbocycles. The van der Waals surface area contributed by atoms with E-state index in [1.54, 1.807) is 0 Å². The number of fused-ring (bicyclic) bond motifs is 1. The third-order valence-corrected chi connectivity index (χ3v) is 7.92. The zero-order valence-electron chi connectivity index (χ0n) is 23.0. The Labute approximate surface area is 246 Å². The Morgan fingerprint density at radius 2 is 1.90 bits per heavy atom. The predicted octanol–water partition coefficient (Wildman–Crippen LogP) is 5.38. The number of unbranched alkanes of at least 4 members (excludes halogenated alkanes) is 1. The average Bonchev–Trinajstić information content (AvgIpc) is 2.97. The quantitative estimate of drug-likeness (QED) is 0.261. The number of rotatable bonds is 12. The Morgan fingerprint density at radius 1 is 1.07 bits per heavy atom. The van der Waals surface area contributed by atoms with Crippen LogP contribution in [-0.4, -0.2) is 92.7 Å². The van der Waals surface area contributed by atoms with Gasteiger partial charge in [0.15, 0.2) is 5.90 Å². The maximum absolute atomic E-state index is 12.0. The molecule has 2 heterocycles. The molecule has 0 aliphatic carbocycles. The van der Waals surface area contributed by atoms with Gasteiger partial charge in [-0.15, -0.1) is 0 Å².